The second kappa shape index (κ2) is 8.23. The van der Waals surface area contributed by atoms with E-state index in [4.69, 9.17) is 10.5 Å². The Balaban J connectivity index is 2.44. The number of urea groups is 1. The third kappa shape index (κ3) is 5.98. The Morgan fingerprint density at radius 3 is 2.58 bits per heavy atom. The number of nitrogens with two attached hydrogens (primary N) is 1. The lowest BCUT2D eigenvalue weighted by molar-refractivity contribution is -0.119. The van der Waals surface area contributed by atoms with E-state index >= 15 is 0 Å². The minimum atomic E-state index is -0.844. The van der Waals surface area contributed by atoms with E-state index in [1.54, 1.807) is 0 Å². The highest BCUT2D eigenvalue weighted by Crippen LogP contribution is 2.09. The van der Waals surface area contributed by atoms with Crippen LogP contribution >= 0.6 is 0 Å². The lowest BCUT2D eigenvalue weighted by atomic mass is 10.1. The van der Waals surface area contributed by atoms with Crippen molar-refractivity contribution in [1.29, 1.82) is 0 Å². The number of primary amides is 1. The van der Waals surface area contributed by atoms with E-state index in [1.807, 2.05) is 36.5 Å². The van der Waals surface area contributed by atoms with Crippen molar-refractivity contribution in [3.63, 3.8) is 0 Å². The molecule has 1 aromatic carbocycles. The largest absolute Gasteiger partial charge is 0.377 e. The molecule has 0 spiro atoms. The van der Waals surface area contributed by atoms with Gasteiger partial charge in [-0.1, -0.05) is 24.3 Å². The van der Waals surface area contributed by atoms with Crippen LogP contribution in [0, 0.1) is 0 Å². The molecule has 19 heavy (non-hydrogen) atoms. The van der Waals surface area contributed by atoms with Gasteiger partial charge in [-0.3, -0.25) is 10.1 Å². The molecule has 0 aromatic heterocycles. The number of hydrogen-bond donors (Lipinski definition) is 3. The molecule has 0 fully saturated rings. The maximum Gasteiger partial charge on any atom is 0.318 e. The molecule has 0 bridgehead atoms. The molecule has 104 valence electrons. The van der Waals surface area contributed by atoms with Gasteiger partial charge in [0.2, 0.25) is 5.91 Å². The predicted octanol–water partition coefficient (Wildman–Crippen LogP) is 0.508. The maximum atomic E-state index is 11.2. The van der Waals surface area contributed by atoms with Gasteiger partial charge >= 0.3 is 6.03 Å². The number of hydrogen-bond acceptors (Lipinski definition) is 4. The first kappa shape index (κ1) is 15.1. The third-order valence-corrected chi connectivity index (χ3v) is 2.44. The summed E-state index contributed by atoms with van der Waals surface area (Å²) in [6, 6.07) is 6.97. The molecule has 0 aliphatic carbocycles. The molecular weight excluding hydrogens is 246 g/mol. The van der Waals surface area contributed by atoms with E-state index in [9.17, 15) is 9.59 Å². The van der Waals surface area contributed by atoms with Crippen molar-refractivity contribution in [2.75, 3.05) is 13.2 Å². The van der Waals surface area contributed by atoms with Gasteiger partial charge in [-0.05, 0) is 18.1 Å². The Morgan fingerprint density at radius 2 is 1.95 bits per heavy atom. The van der Waals surface area contributed by atoms with Gasteiger partial charge in [-0.25, -0.2) is 4.79 Å². The molecule has 0 unspecified atom stereocenters. The Labute approximate surface area is 112 Å². The second-order valence-electron chi connectivity index (χ2n) is 3.92. The van der Waals surface area contributed by atoms with Crippen molar-refractivity contribution in [3.8, 4) is 0 Å². The topological polar surface area (TPSA) is 93.4 Å². The lowest BCUT2D eigenvalue weighted by Gasteiger charge is -2.10. The molecule has 0 saturated carbocycles. The van der Waals surface area contributed by atoms with Crippen LogP contribution in [0.25, 0.3) is 0 Å². The fourth-order valence-electron chi connectivity index (χ4n) is 1.58. The molecule has 4 N–H and O–H groups in total. The minimum absolute atomic E-state index is 0.0336. The number of rotatable bonds is 7. The number of carbonyl (C=O) groups is 2. The fraction of sp³-hybridized carbons (Fsp3) is 0.385. The summed E-state index contributed by atoms with van der Waals surface area (Å²) in [4.78, 5) is 21.7. The molecule has 1 aromatic rings. The summed E-state index contributed by atoms with van der Waals surface area (Å²) >= 11 is 0. The maximum absolute atomic E-state index is 11.2. The Hall–Kier alpha value is -1.92. The number of nitrogens with one attached hydrogen (secondary N) is 2. The highest BCUT2D eigenvalue weighted by Gasteiger charge is 2.05. The Bertz CT molecular complexity index is 435. The molecule has 6 nitrogen and oxygen atoms in total. The van der Waals surface area contributed by atoms with Gasteiger partial charge in [0.05, 0.1) is 13.2 Å². The molecule has 0 aliphatic heterocycles. The van der Waals surface area contributed by atoms with E-state index in [0.29, 0.717) is 19.8 Å². The van der Waals surface area contributed by atoms with E-state index in [0.717, 1.165) is 11.1 Å². The van der Waals surface area contributed by atoms with Crippen LogP contribution in [-0.2, 0) is 22.7 Å². The van der Waals surface area contributed by atoms with Crippen molar-refractivity contribution in [2.45, 2.75) is 20.1 Å². The Morgan fingerprint density at radius 1 is 1.26 bits per heavy atom. The van der Waals surface area contributed by atoms with E-state index in [-0.39, 0.29) is 6.54 Å². The highest BCUT2D eigenvalue weighted by atomic mass is 16.5. The molecule has 0 atom stereocenters. The first-order chi connectivity index (χ1) is 9.13. The zero-order valence-electron chi connectivity index (χ0n) is 10.9. The SMILES string of the molecule is CCOCc1ccccc1CNCC(=O)NC(N)=O. The summed E-state index contributed by atoms with van der Waals surface area (Å²) in [5.41, 5.74) is 6.97. The third-order valence-electron chi connectivity index (χ3n) is 2.44. The summed E-state index contributed by atoms with van der Waals surface area (Å²) < 4.78 is 5.37. The quantitative estimate of drug-likeness (QED) is 0.669. The van der Waals surface area contributed by atoms with Crippen LogP contribution in [0.3, 0.4) is 0 Å². The highest BCUT2D eigenvalue weighted by molar-refractivity contribution is 5.94. The van der Waals surface area contributed by atoms with Gasteiger partial charge in [0.25, 0.3) is 0 Å². The van der Waals surface area contributed by atoms with Crippen LogP contribution in [0.15, 0.2) is 24.3 Å². The van der Waals surface area contributed by atoms with Gasteiger partial charge in [0, 0.05) is 13.2 Å². The summed E-state index contributed by atoms with van der Waals surface area (Å²) in [7, 11) is 0. The molecule has 0 saturated heterocycles. The van der Waals surface area contributed by atoms with Crippen LogP contribution in [-0.4, -0.2) is 25.1 Å². The van der Waals surface area contributed by atoms with Crippen molar-refractivity contribution in [2.24, 2.45) is 5.73 Å². The van der Waals surface area contributed by atoms with Gasteiger partial charge in [0.1, 0.15) is 0 Å². The average molecular weight is 265 g/mol. The molecule has 0 heterocycles. The first-order valence-corrected chi connectivity index (χ1v) is 6.08. The van der Waals surface area contributed by atoms with E-state index in [1.165, 1.54) is 0 Å². The zero-order valence-corrected chi connectivity index (χ0v) is 10.9. The van der Waals surface area contributed by atoms with Crippen LogP contribution in [0.1, 0.15) is 18.1 Å². The molecule has 0 aliphatic rings. The normalized spacial score (nSPS) is 10.2. The van der Waals surface area contributed by atoms with Crippen molar-refractivity contribution < 1.29 is 14.3 Å². The smallest absolute Gasteiger partial charge is 0.318 e. The van der Waals surface area contributed by atoms with Crippen LogP contribution in [0.4, 0.5) is 4.79 Å². The van der Waals surface area contributed by atoms with Crippen molar-refractivity contribution in [3.05, 3.63) is 35.4 Å². The van der Waals surface area contributed by atoms with Crippen molar-refractivity contribution >= 4 is 11.9 Å². The number of amides is 3. The van der Waals surface area contributed by atoms with E-state index in [2.05, 4.69) is 5.32 Å². The standard InChI is InChI=1S/C13H19N3O3/c1-2-19-9-11-6-4-3-5-10(11)7-15-8-12(17)16-13(14)18/h3-6,15H,2,7-9H2,1H3,(H3,14,16,17,18). The molecule has 3 amide bonds. The van der Waals surface area contributed by atoms with Crippen LogP contribution < -0.4 is 16.4 Å². The van der Waals surface area contributed by atoms with Crippen molar-refractivity contribution in [1.82, 2.24) is 10.6 Å². The van der Waals surface area contributed by atoms with Gasteiger partial charge in [0.15, 0.2) is 0 Å². The lowest BCUT2D eigenvalue weighted by Crippen LogP contribution is -2.40. The summed E-state index contributed by atoms with van der Waals surface area (Å²) in [5.74, 6) is -0.449. The molecule has 0 radical (unpaired) electrons. The van der Waals surface area contributed by atoms with Crippen LogP contribution in [0.5, 0.6) is 0 Å². The molecule has 1 rings (SSSR count). The van der Waals surface area contributed by atoms with Crippen LogP contribution in [0.2, 0.25) is 0 Å². The number of carbonyl (C=O) groups excluding carboxylic acids is 2. The predicted molar refractivity (Wildman–Crippen MR) is 71.2 cm³/mol. The summed E-state index contributed by atoms with van der Waals surface area (Å²) in [6.07, 6.45) is 0. The fourth-order valence-corrected chi connectivity index (χ4v) is 1.58. The minimum Gasteiger partial charge on any atom is -0.377 e. The monoisotopic (exact) mass is 265 g/mol. The summed E-state index contributed by atoms with van der Waals surface area (Å²) in [5, 5.41) is 4.94. The first-order valence-electron chi connectivity index (χ1n) is 6.08. The van der Waals surface area contributed by atoms with Gasteiger partial charge in [-0.2, -0.15) is 0 Å². The Kier molecular flexibility index (Phi) is 6.56. The zero-order chi connectivity index (χ0) is 14.1. The second-order valence-corrected chi connectivity index (χ2v) is 3.92. The molecule has 6 heteroatoms. The number of ether oxygens (including phenoxy) is 1. The summed E-state index contributed by atoms with van der Waals surface area (Å²) in [6.45, 7) is 3.70. The van der Waals surface area contributed by atoms with Gasteiger partial charge in [-0.15, -0.1) is 0 Å². The van der Waals surface area contributed by atoms with Gasteiger partial charge < -0.3 is 15.8 Å². The molecular formula is C13H19N3O3. The van der Waals surface area contributed by atoms with E-state index < -0.39 is 11.9 Å². The number of imide groups is 1. The number of benzene rings is 1. The average Bonchev–Trinajstić information content (AvgIpc) is 2.36.